The highest BCUT2D eigenvalue weighted by molar-refractivity contribution is 5.99. The van der Waals surface area contributed by atoms with Crippen molar-refractivity contribution in [2.75, 3.05) is 5.32 Å². The minimum absolute atomic E-state index is 0.0670. The third-order valence-corrected chi connectivity index (χ3v) is 5.55. The molecule has 0 bridgehead atoms. The van der Waals surface area contributed by atoms with E-state index in [0.717, 1.165) is 22.4 Å². The molecule has 0 unspecified atom stereocenters. The van der Waals surface area contributed by atoms with Crippen LogP contribution in [0, 0.1) is 19.8 Å². The summed E-state index contributed by atoms with van der Waals surface area (Å²) in [5.74, 6) is -0.960. The van der Waals surface area contributed by atoms with Gasteiger partial charge in [-0.25, -0.2) is 0 Å². The fourth-order valence-corrected chi connectivity index (χ4v) is 3.60. The number of carbonyl (C=O) groups excluding carboxylic acids is 2. The number of rotatable bonds is 7. The van der Waals surface area contributed by atoms with Gasteiger partial charge in [0, 0.05) is 5.69 Å². The molecule has 0 aliphatic heterocycles. The first-order chi connectivity index (χ1) is 14.9. The molecule has 3 aromatic carbocycles. The number of amides is 2. The van der Waals surface area contributed by atoms with E-state index in [-0.39, 0.29) is 17.7 Å². The van der Waals surface area contributed by atoms with Gasteiger partial charge >= 0.3 is 0 Å². The Morgan fingerprint density at radius 1 is 0.710 bits per heavy atom. The average molecular weight is 415 g/mol. The molecular weight excluding hydrogens is 384 g/mol. The van der Waals surface area contributed by atoms with Crippen molar-refractivity contribution in [1.82, 2.24) is 5.32 Å². The van der Waals surface area contributed by atoms with Gasteiger partial charge < -0.3 is 10.6 Å². The Morgan fingerprint density at radius 2 is 1.26 bits per heavy atom. The van der Waals surface area contributed by atoms with Crippen molar-refractivity contribution in [3.05, 3.63) is 101 Å². The molecule has 1 atom stereocenters. The van der Waals surface area contributed by atoms with Gasteiger partial charge in [0.25, 0.3) is 0 Å². The molecule has 0 saturated heterocycles. The molecular formula is C27H30N2O2. The van der Waals surface area contributed by atoms with Gasteiger partial charge in [0.05, 0.1) is 5.92 Å². The Kier molecular flexibility index (Phi) is 7.24. The van der Waals surface area contributed by atoms with E-state index < -0.39 is 12.0 Å². The lowest BCUT2D eigenvalue weighted by atomic mass is 9.89. The molecule has 160 valence electrons. The maximum atomic E-state index is 13.4. The standard InChI is InChI=1S/C27H30N2O2/c1-18(2)25(27(31)28-23-16-15-19(3)20(4)17-23)29-26(30)24(21-11-7-5-8-12-21)22-13-9-6-10-14-22/h5-18,24-25H,1-4H3,(H,28,31)(H,29,30)/t25-/m1/s1. The van der Waals surface area contributed by atoms with Gasteiger partial charge in [0.15, 0.2) is 0 Å². The second-order valence-corrected chi connectivity index (χ2v) is 8.27. The smallest absolute Gasteiger partial charge is 0.247 e. The van der Waals surface area contributed by atoms with E-state index in [9.17, 15) is 9.59 Å². The minimum atomic E-state index is -0.649. The average Bonchev–Trinajstić information content (AvgIpc) is 2.76. The molecule has 4 heteroatoms. The maximum Gasteiger partial charge on any atom is 0.247 e. The molecule has 3 rings (SSSR count). The molecule has 2 N–H and O–H groups in total. The molecule has 0 aliphatic rings. The third-order valence-electron chi connectivity index (χ3n) is 5.55. The predicted octanol–water partition coefficient (Wildman–Crippen LogP) is 5.21. The Labute approximate surface area is 184 Å². The lowest BCUT2D eigenvalue weighted by molar-refractivity contribution is -0.127. The molecule has 0 heterocycles. The second-order valence-electron chi connectivity index (χ2n) is 8.27. The monoisotopic (exact) mass is 414 g/mol. The van der Waals surface area contributed by atoms with Crippen LogP contribution >= 0.6 is 0 Å². The largest absolute Gasteiger partial charge is 0.343 e. The number of hydrogen-bond donors (Lipinski definition) is 2. The third kappa shape index (κ3) is 5.60. The number of anilines is 1. The highest BCUT2D eigenvalue weighted by Gasteiger charge is 2.29. The van der Waals surface area contributed by atoms with Crippen LogP contribution in [-0.2, 0) is 9.59 Å². The summed E-state index contributed by atoms with van der Waals surface area (Å²) >= 11 is 0. The van der Waals surface area contributed by atoms with Crippen LogP contribution in [0.25, 0.3) is 0 Å². The first kappa shape index (κ1) is 22.3. The Bertz CT molecular complexity index is 990. The Hall–Kier alpha value is -3.40. The highest BCUT2D eigenvalue weighted by Crippen LogP contribution is 2.25. The van der Waals surface area contributed by atoms with Crippen LogP contribution in [0.2, 0.25) is 0 Å². The van der Waals surface area contributed by atoms with Crippen LogP contribution < -0.4 is 10.6 Å². The number of benzene rings is 3. The van der Waals surface area contributed by atoms with Crippen LogP contribution in [0.1, 0.15) is 42.0 Å². The predicted molar refractivity (Wildman–Crippen MR) is 126 cm³/mol. The first-order valence-corrected chi connectivity index (χ1v) is 10.6. The van der Waals surface area contributed by atoms with Gasteiger partial charge in [0.2, 0.25) is 11.8 Å². The van der Waals surface area contributed by atoms with Crippen molar-refractivity contribution < 1.29 is 9.59 Å². The van der Waals surface area contributed by atoms with Gasteiger partial charge in [-0.1, -0.05) is 80.6 Å². The van der Waals surface area contributed by atoms with Crippen molar-refractivity contribution >= 4 is 17.5 Å². The molecule has 3 aromatic rings. The molecule has 0 radical (unpaired) electrons. The summed E-state index contributed by atoms with van der Waals surface area (Å²) in [6.45, 7) is 7.91. The van der Waals surface area contributed by atoms with E-state index in [2.05, 4.69) is 10.6 Å². The summed E-state index contributed by atoms with van der Waals surface area (Å²) < 4.78 is 0. The van der Waals surface area contributed by atoms with Gasteiger partial charge in [-0.05, 0) is 54.2 Å². The van der Waals surface area contributed by atoms with E-state index in [1.807, 2.05) is 107 Å². The zero-order chi connectivity index (χ0) is 22.4. The van der Waals surface area contributed by atoms with Crippen molar-refractivity contribution in [2.24, 2.45) is 5.92 Å². The highest BCUT2D eigenvalue weighted by atomic mass is 16.2. The summed E-state index contributed by atoms with van der Waals surface area (Å²) in [4.78, 5) is 26.5. The lowest BCUT2D eigenvalue weighted by Gasteiger charge is -2.25. The van der Waals surface area contributed by atoms with Crippen molar-refractivity contribution in [3.8, 4) is 0 Å². The first-order valence-electron chi connectivity index (χ1n) is 10.6. The molecule has 0 aliphatic carbocycles. The molecule has 0 saturated carbocycles. The topological polar surface area (TPSA) is 58.2 Å². The summed E-state index contributed by atoms with van der Waals surface area (Å²) in [5, 5.41) is 5.97. The number of hydrogen-bond acceptors (Lipinski definition) is 2. The van der Waals surface area contributed by atoms with E-state index in [4.69, 9.17) is 0 Å². The van der Waals surface area contributed by atoms with Crippen LogP contribution in [-0.4, -0.2) is 17.9 Å². The van der Waals surface area contributed by atoms with Crippen molar-refractivity contribution in [2.45, 2.75) is 39.7 Å². The SMILES string of the molecule is Cc1ccc(NC(=O)[C@H](NC(=O)C(c2ccccc2)c2ccccc2)C(C)C)cc1C. The molecule has 2 amide bonds. The zero-order valence-corrected chi connectivity index (χ0v) is 18.6. The lowest BCUT2D eigenvalue weighted by Crippen LogP contribution is -2.48. The van der Waals surface area contributed by atoms with Crippen molar-refractivity contribution in [1.29, 1.82) is 0 Å². The molecule has 4 nitrogen and oxygen atoms in total. The quantitative estimate of drug-likeness (QED) is 0.557. The van der Waals surface area contributed by atoms with Crippen molar-refractivity contribution in [3.63, 3.8) is 0 Å². The van der Waals surface area contributed by atoms with E-state index in [1.165, 1.54) is 5.56 Å². The van der Waals surface area contributed by atoms with Crippen LogP contribution in [0.15, 0.2) is 78.9 Å². The number of nitrogens with one attached hydrogen (secondary N) is 2. The summed E-state index contributed by atoms with van der Waals surface area (Å²) in [6.07, 6.45) is 0. The molecule has 0 fully saturated rings. The normalized spacial score (nSPS) is 11.9. The van der Waals surface area contributed by atoms with Crippen LogP contribution in [0.4, 0.5) is 5.69 Å². The Morgan fingerprint density at radius 3 is 1.74 bits per heavy atom. The fourth-order valence-electron chi connectivity index (χ4n) is 3.60. The number of aryl methyl sites for hydroxylation is 2. The van der Waals surface area contributed by atoms with E-state index in [1.54, 1.807) is 0 Å². The Balaban J connectivity index is 1.83. The van der Waals surface area contributed by atoms with Gasteiger partial charge in [-0.15, -0.1) is 0 Å². The summed E-state index contributed by atoms with van der Waals surface area (Å²) in [6, 6.07) is 24.5. The second kappa shape index (κ2) is 10.1. The zero-order valence-electron chi connectivity index (χ0n) is 18.6. The molecule has 0 spiro atoms. The number of carbonyl (C=O) groups is 2. The van der Waals surface area contributed by atoms with Gasteiger partial charge in [-0.2, -0.15) is 0 Å². The fraction of sp³-hybridized carbons (Fsp3) is 0.259. The van der Waals surface area contributed by atoms with Gasteiger partial charge in [-0.3, -0.25) is 9.59 Å². The summed E-state index contributed by atoms with van der Waals surface area (Å²) in [7, 11) is 0. The minimum Gasteiger partial charge on any atom is -0.343 e. The summed E-state index contributed by atoms with van der Waals surface area (Å²) in [5.41, 5.74) is 4.79. The van der Waals surface area contributed by atoms with Crippen LogP contribution in [0.3, 0.4) is 0 Å². The van der Waals surface area contributed by atoms with Crippen LogP contribution in [0.5, 0.6) is 0 Å². The van der Waals surface area contributed by atoms with E-state index in [0.29, 0.717) is 0 Å². The molecule has 31 heavy (non-hydrogen) atoms. The van der Waals surface area contributed by atoms with Gasteiger partial charge in [0.1, 0.15) is 6.04 Å². The maximum absolute atomic E-state index is 13.4. The van der Waals surface area contributed by atoms with E-state index >= 15 is 0 Å². The molecule has 0 aromatic heterocycles.